The summed E-state index contributed by atoms with van der Waals surface area (Å²) >= 11 is 1.32. The summed E-state index contributed by atoms with van der Waals surface area (Å²) in [5, 5.41) is 0. The molecule has 3 rings (SSSR count). The van der Waals surface area contributed by atoms with Crippen molar-refractivity contribution in [2.45, 2.75) is 16.6 Å². The van der Waals surface area contributed by atoms with Crippen LogP contribution in [0.4, 0.5) is 11.4 Å². The monoisotopic (exact) mass is 326 g/mol. The number of hydrogen-bond acceptors (Lipinski definition) is 3. The minimum absolute atomic E-state index is 0.200. The molecule has 2 aromatic carbocycles. The quantitative estimate of drug-likeness (QED) is 0.796. The lowest BCUT2D eigenvalue weighted by atomic mass is 10.1. The molecule has 1 heterocycles. The molecule has 23 heavy (non-hydrogen) atoms. The molecule has 1 unspecified atom stereocenters. The molecule has 5 heteroatoms. The Morgan fingerprint density at radius 2 is 1.70 bits per heavy atom. The second-order valence-electron chi connectivity index (χ2n) is 5.67. The van der Waals surface area contributed by atoms with Crippen molar-refractivity contribution in [3.8, 4) is 0 Å². The number of hydrogen-bond donors (Lipinski definition) is 0. The molecule has 0 N–H and O–H groups in total. The van der Waals surface area contributed by atoms with Gasteiger partial charge < -0.3 is 9.80 Å². The lowest BCUT2D eigenvalue weighted by molar-refractivity contribution is -0.129. The highest BCUT2D eigenvalue weighted by molar-refractivity contribution is 8.02. The minimum Gasteiger partial charge on any atom is -0.314 e. The summed E-state index contributed by atoms with van der Waals surface area (Å²) in [5.74, 6) is -0.422. The van der Waals surface area contributed by atoms with Gasteiger partial charge in [0.15, 0.2) is 4.75 Å². The topological polar surface area (TPSA) is 40.6 Å². The average Bonchev–Trinajstić information content (AvgIpc) is 2.59. The largest absolute Gasteiger partial charge is 0.314 e. The van der Waals surface area contributed by atoms with Crippen LogP contribution in [0.15, 0.2) is 59.5 Å². The van der Waals surface area contributed by atoms with Crippen molar-refractivity contribution in [3.63, 3.8) is 0 Å². The molecule has 2 amide bonds. The molecule has 4 nitrogen and oxygen atoms in total. The van der Waals surface area contributed by atoms with Crippen molar-refractivity contribution in [1.82, 2.24) is 0 Å². The van der Waals surface area contributed by atoms with Gasteiger partial charge in [0, 0.05) is 24.7 Å². The summed E-state index contributed by atoms with van der Waals surface area (Å²) in [7, 11) is 3.42. The van der Waals surface area contributed by atoms with E-state index in [1.807, 2.05) is 54.6 Å². The predicted octanol–water partition coefficient (Wildman–Crippen LogP) is 3.18. The lowest BCUT2D eigenvalue weighted by Gasteiger charge is -2.38. The zero-order valence-corrected chi connectivity index (χ0v) is 14.1. The van der Waals surface area contributed by atoms with E-state index >= 15 is 0 Å². The van der Waals surface area contributed by atoms with Crippen LogP contribution < -0.4 is 9.80 Å². The third kappa shape index (κ3) is 2.51. The number of rotatable bonds is 2. The molecule has 0 aromatic heterocycles. The Balaban J connectivity index is 1.98. The maximum atomic E-state index is 13.0. The fourth-order valence-electron chi connectivity index (χ4n) is 2.74. The maximum absolute atomic E-state index is 13.0. The fourth-order valence-corrected chi connectivity index (χ4v) is 4.08. The SMILES string of the molecule is CN(C(=O)C1(C)Sc2ccccc2N(C)C1=O)c1ccccc1. The van der Waals surface area contributed by atoms with E-state index < -0.39 is 4.75 Å². The molecule has 0 bridgehead atoms. The maximum Gasteiger partial charge on any atom is 0.252 e. The number of carbonyl (C=O) groups excluding carboxylic acids is 2. The van der Waals surface area contributed by atoms with E-state index in [4.69, 9.17) is 0 Å². The Morgan fingerprint density at radius 1 is 1.09 bits per heavy atom. The van der Waals surface area contributed by atoms with Gasteiger partial charge in [0.05, 0.1) is 5.69 Å². The van der Waals surface area contributed by atoms with Gasteiger partial charge in [-0.1, -0.05) is 42.1 Å². The Kier molecular flexibility index (Phi) is 3.90. The first-order valence-corrected chi connectivity index (χ1v) is 8.16. The molecule has 0 fully saturated rings. The van der Waals surface area contributed by atoms with E-state index in [1.54, 1.807) is 30.8 Å². The molecule has 0 aliphatic carbocycles. The molecule has 0 spiro atoms. The normalized spacial score (nSPS) is 20.1. The van der Waals surface area contributed by atoms with Gasteiger partial charge in [-0.2, -0.15) is 0 Å². The fraction of sp³-hybridized carbons (Fsp3) is 0.222. The van der Waals surface area contributed by atoms with Gasteiger partial charge in [-0.05, 0) is 31.2 Å². The minimum atomic E-state index is -1.17. The van der Waals surface area contributed by atoms with Gasteiger partial charge >= 0.3 is 0 Å². The van der Waals surface area contributed by atoms with Crippen molar-refractivity contribution in [2.24, 2.45) is 0 Å². The van der Waals surface area contributed by atoms with E-state index in [1.165, 1.54) is 11.8 Å². The van der Waals surface area contributed by atoms with Crippen molar-refractivity contribution in [1.29, 1.82) is 0 Å². The van der Waals surface area contributed by atoms with Crippen molar-refractivity contribution in [2.75, 3.05) is 23.9 Å². The highest BCUT2D eigenvalue weighted by atomic mass is 32.2. The van der Waals surface area contributed by atoms with E-state index in [2.05, 4.69) is 0 Å². The molecule has 2 aromatic rings. The van der Waals surface area contributed by atoms with Crippen molar-refractivity contribution in [3.05, 3.63) is 54.6 Å². The summed E-state index contributed by atoms with van der Waals surface area (Å²) in [6.45, 7) is 1.70. The van der Waals surface area contributed by atoms with Crippen LogP contribution >= 0.6 is 11.8 Å². The van der Waals surface area contributed by atoms with Crippen LogP contribution in [0.25, 0.3) is 0 Å². The summed E-state index contributed by atoms with van der Waals surface area (Å²) in [6, 6.07) is 17.0. The van der Waals surface area contributed by atoms with Gasteiger partial charge in [-0.15, -0.1) is 0 Å². The van der Waals surface area contributed by atoms with Crippen molar-refractivity contribution < 1.29 is 9.59 Å². The van der Waals surface area contributed by atoms with Crippen LogP contribution in [0.3, 0.4) is 0 Å². The summed E-state index contributed by atoms with van der Waals surface area (Å²) in [6.07, 6.45) is 0. The molecular formula is C18H18N2O2S. The van der Waals surface area contributed by atoms with E-state index in [0.717, 1.165) is 16.3 Å². The Bertz CT molecular complexity index is 763. The van der Waals surface area contributed by atoms with E-state index in [-0.39, 0.29) is 11.8 Å². The smallest absolute Gasteiger partial charge is 0.252 e. The Labute approximate surface area is 140 Å². The summed E-state index contributed by atoms with van der Waals surface area (Å²) < 4.78 is -1.17. The molecule has 1 aliphatic heterocycles. The second-order valence-corrected chi connectivity index (χ2v) is 7.13. The van der Waals surface area contributed by atoms with E-state index in [9.17, 15) is 9.59 Å². The number of para-hydroxylation sites is 2. The van der Waals surface area contributed by atoms with Gasteiger partial charge in [-0.25, -0.2) is 0 Å². The third-order valence-corrected chi connectivity index (χ3v) is 5.43. The number of benzene rings is 2. The molecule has 0 saturated carbocycles. The first-order valence-electron chi connectivity index (χ1n) is 7.34. The molecule has 0 saturated heterocycles. The zero-order chi connectivity index (χ0) is 16.6. The van der Waals surface area contributed by atoms with Crippen molar-refractivity contribution >= 4 is 35.0 Å². The van der Waals surface area contributed by atoms with Crippen LogP contribution in [-0.4, -0.2) is 30.7 Å². The van der Waals surface area contributed by atoms with Gasteiger partial charge in [-0.3, -0.25) is 9.59 Å². The molecular weight excluding hydrogens is 308 g/mol. The number of fused-ring (bicyclic) bond motifs is 1. The Hall–Kier alpha value is -2.27. The van der Waals surface area contributed by atoms with Gasteiger partial charge in [0.2, 0.25) is 0 Å². The third-order valence-electron chi connectivity index (χ3n) is 4.11. The van der Waals surface area contributed by atoms with Crippen LogP contribution in [0.2, 0.25) is 0 Å². The van der Waals surface area contributed by atoms with Crippen LogP contribution in [0, 0.1) is 0 Å². The van der Waals surface area contributed by atoms with Gasteiger partial charge in [0.25, 0.3) is 11.8 Å². The highest BCUT2D eigenvalue weighted by Gasteiger charge is 2.49. The standard InChI is InChI=1S/C18H18N2O2S/c1-18(16(21)19(2)13-9-5-4-6-10-13)17(22)20(3)14-11-7-8-12-15(14)23-18/h4-12H,1-3H3. The lowest BCUT2D eigenvalue weighted by Crippen LogP contribution is -2.55. The number of anilines is 2. The number of nitrogens with zero attached hydrogens (tertiary/aromatic N) is 2. The first kappa shape index (κ1) is 15.6. The summed E-state index contributed by atoms with van der Waals surface area (Å²) in [4.78, 5) is 29.9. The molecule has 1 atom stereocenters. The second kappa shape index (κ2) is 5.74. The molecule has 0 radical (unpaired) electrons. The molecule has 118 valence electrons. The number of amides is 2. The number of thioether (sulfide) groups is 1. The molecule has 1 aliphatic rings. The summed E-state index contributed by atoms with van der Waals surface area (Å²) in [5.41, 5.74) is 1.61. The van der Waals surface area contributed by atoms with Crippen LogP contribution in [0.1, 0.15) is 6.92 Å². The van der Waals surface area contributed by atoms with Crippen LogP contribution in [0.5, 0.6) is 0 Å². The van der Waals surface area contributed by atoms with Gasteiger partial charge in [0.1, 0.15) is 0 Å². The van der Waals surface area contributed by atoms with E-state index in [0.29, 0.717) is 0 Å². The van der Waals surface area contributed by atoms with Crippen LogP contribution in [-0.2, 0) is 9.59 Å². The highest BCUT2D eigenvalue weighted by Crippen LogP contribution is 2.45. The number of carbonyl (C=O) groups is 2. The Morgan fingerprint density at radius 3 is 2.39 bits per heavy atom. The first-order chi connectivity index (χ1) is 10.9. The zero-order valence-electron chi connectivity index (χ0n) is 13.3. The predicted molar refractivity (Wildman–Crippen MR) is 94.0 cm³/mol. The average molecular weight is 326 g/mol.